The minimum atomic E-state index is -1.14. The van der Waals surface area contributed by atoms with Gasteiger partial charge < -0.3 is 25.6 Å². The van der Waals surface area contributed by atoms with Gasteiger partial charge in [0.05, 0.1) is 5.56 Å². The first kappa shape index (κ1) is 25.2. The molecule has 0 aliphatic carbocycles. The topological polar surface area (TPSA) is 134 Å². The van der Waals surface area contributed by atoms with Crippen molar-refractivity contribution < 1.29 is 24.0 Å². The number of para-hydroxylation sites is 1. The number of carbonyl (C=O) groups is 3. The molecular formula is C28H26N4O5. The standard InChI is InChI=1S/C28H26N4O5/c1-17(2)23(27(34)35)31-26(33)25-22(18-9-5-3-6-10-18)24(32-37-25)19-13-15-21(16-14-19)30-28(36)29-20-11-7-4-8-12-20/h3-17,23H,1-2H3,(H,31,33)(H,34,35)(H2,29,30,36). The van der Waals surface area contributed by atoms with E-state index >= 15 is 0 Å². The van der Waals surface area contributed by atoms with E-state index in [-0.39, 0.29) is 17.7 Å². The number of urea groups is 1. The number of nitrogens with zero attached hydrogens (tertiary/aromatic N) is 1. The van der Waals surface area contributed by atoms with Crippen molar-refractivity contribution >= 4 is 29.3 Å². The van der Waals surface area contributed by atoms with Crippen LogP contribution in [-0.4, -0.2) is 34.2 Å². The molecule has 0 aliphatic rings. The fourth-order valence-corrected chi connectivity index (χ4v) is 3.76. The second kappa shape index (κ2) is 11.2. The quantitative estimate of drug-likeness (QED) is 0.254. The second-order valence-electron chi connectivity index (χ2n) is 8.66. The zero-order valence-corrected chi connectivity index (χ0v) is 20.3. The highest BCUT2D eigenvalue weighted by Gasteiger charge is 2.29. The third kappa shape index (κ3) is 6.02. The second-order valence-corrected chi connectivity index (χ2v) is 8.66. The van der Waals surface area contributed by atoms with Gasteiger partial charge in [-0.15, -0.1) is 0 Å². The Hall–Kier alpha value is -4.92. The largest absolute Gasteiger partial charge is 0.480 e. The molecule has 0 radical (unpaired) electrons. The maximum absolute atomic E-state index is 13.1. The number of hydrogen-bond donors (Lipinski definition) is 4. The maximum Gasteiger partial charge on any atom is 0.326 e. The highest BCUT2D eigenvalue weighted by molar-refractivity contribution is 6.03. The molecule has 0 spiro atoms. The number of carboxylic acids is 1. The summed E-state index contributed by atoms with van der Waals surface area (Å²) in [7, 11) is 0. The van der Waals surface area contributed by atoms with Gasteiger partial charge >= 0.3 is 12.0 Å². The summed E-state index contributed by atoms with van der Waals surface area (Å²) in [4.78, 5) is 37.0. The Balaban J connectivity index is 1.60. The van der Waals surface area contributed by atoms with Gasteiger partial charge in [-0.25, -0.2) is 9.59 Å². The van der Waals surface area contributed by atoms with Crippen molar-refractivity contribution in [3.63, 3.8) is 0 Å². The molecule has 1 unspecified atom stereocenters. The average Bonchev–Trinajstić information content (AvgIpc) is 3.33. The lowest BCUT2D eigenvalue weighted by molar-refractivity contribution is -0.140. The molecule has 0 aliphatic heterocycles. The van der Waals surface area contributed by atoms with Crippen LogP contribution in [0.4, 0.5) is 16.2 Å². The number of amides is 3. The summed E-state index contributed by atoms with van der Waals surface area (Å²) in [5.74, 6) is -2.22. The monoisotopic (exact) mass is 498 g/mol. The molecule has 0 bridgehead atoms. The van der Waals surface area contributed by atoms with E-state index in [4.69, 9.17) is 4.52 Å². The number of aromatic nitrogens is 1. The molecule has 0 saturated heterocycles. The molecule has 3 amide bonds. The molecule has 4 rings (SSSR count). The number of carboxylic acid groups (broad SMARTS) is 1. The van der Waals surface area contributed by atoms with E-state index in [0.29, 0.717) is 33.8 Å². The van der Waals surface area contributed by atoms with Crippen molar-refractivity contribution in [1.29, 1.82) is 0 Å². The van der Waals surface area contributed by atoms with E-state index in [1.54, 1.807) is 50.2 Å². The van der Waals surface area contributed by atoms with Gasteiger partial charge in [0.25, 0.3) is 5.91 Å². The van der Waals surface area contributed by atoms with Crippen LogP contribution in [0.2, 0.25) is 0 Å². The summed E-state index contributed by atoms with van der Waals surface area (Å²) >= 11 is 0. The van der Waals surface area contributed by atoms with E-state index in [2.05, 4.69) is 21.1 Å². The Bertz CT molecular complexity index is 1380. The number of carbonyl (C=O) groups excluding carboxylic acids is 2. The minimum Gasteiger partial charge on any atom is -0.480 e. The molecule has 9 heteroatoms. The Labute approximate surface area is 213 Å². The smallest absolute Gasteiger partial charge is 0.326 e. The van der Waals surface area contributed by atoms with E-state index in [1.807, 2.05) is 48.5 Å². The zero-order chi connectivity index (χ0) is 26.4. The summed E-state index contributed by atoms with van der Waals surface area (Å²) in [5.41, 5.74) is 3.40. The molecule has 4 aromatic rings. The van der Waals surface area contributed by atoms with Crippen LogP contribution in [0.3, 0.4) is 0 Å². The van der Waals surface area contributed by atoms with Gasteiger partial charge in [0.2, 0.25) is 5.76 Å². The van der Waals surface area contributed by atoms with Crippen LogP contribution < -0.4 is 16.0 Å². The Morgan fingerprint density at radius 2 is 1.35 bits per heavy atom. The van der Waals surface area contributed by atoms with E-state index in [9.17, 15) is 19.5 Å². The molecule has 37 heavy (non-hydrogen) atoms. The van der Waals surface area contributed by atoms with Crippen LogP contribution in [0, 0.1) is 5.92 Å². The summed E-state index contributed by atoms with van der Waals surface area (Å²) < 4.78 is 5.45. The first-order valence-corrected chi connectivity index (χ1v) is 11.7. The van der Waals surface area contributed by atoms with Gasteiger partial charge in [-0.1, -0.05) is 79.7 Å². The summed E-state index contributed by atoms with van der Waals surface area (Å²) in [6.07, 6.45) is 0. The van der Waals surface area contributed by atoms with Crippen molar-refractivity contribution in [2.45, 2.75) is 19.9 Å². The fourth-order valence-electron chi connectivity index (χ4n) is 3.76. The summed E-state index contributed by atoms with van der Waals surface area (Å²) in [5, 5.41) is 21.7. The lowest BCUT2D eigenvalue weighted by atomic mass is 9.98. The first-order chi connectivity index (χ1) is 17.8. The summed E-state index contributed by atoms with van der Waals surface area (Å²) in [6.45, 7) is 3.41. The Morgan fingerprint density at radius 1 is 0.784 bits per heavy atom. The highest BCUT2D eigenvalue weighted by Crippen LogP contribution is 2.35. The third-order valence-electron chi connectivity index (χ3n) is 5.63. The van der Waals surface area contributed by atoms with Gasteiger partial charge in [-0.2, -0.15) is 0 Å². The molecule has 1 aromatic heterocycles. The molecule has 0 saturated carbocycles. The Kier molecular flexibility index (Phi) is 7.63. The molecule has 3 aromatic carbocycles. The van der Waals surface area contributed by atoms with Crippen molar-refractivity contribution in [2.75, 3.05) is 10.6 Å². The molecule has 188 valence electrons. The fraction of sp³-hybridized carbons (Fsp3) is 0.143. The van der Waals surface area contributed by atoms with Gasteiger partial charge in [-0.05, 0) is 35.7 Å². The van der Waals surface area contributed by atoms with Crippen molar-refractivity contribution in [3.05, 3.63) is 90.7 Å². The molecule has 0 fully saturated rings. The normalized spacial score (nSPS) is 11.5. The zero-order valence-electron chi connectivity index (χ0n) is 20.3. The van der Waals surface area contributed by atoms with Gasteiger partial charge in [0.15, 0.2) is 0 Å². The lowest BCUT2D eigenvalue weighted by Gasteiger charge is -2.17. The molecule has 4 N–H and O–H groups in total. The van der Waals surface area contributed by atoms with Gasteiger partial charge in [0.1, 0.15) is 11.7 Å². The Morgan fingerprint density at radius 3 is 1.92 bits per heavy atom. The van der Waals surface area contributed by atoms with E-state index in [1.165, 1.54) is 0 Å². The maximum atomic E-state index is 13.1. The molecule has 1 atom stereocenters. The lowest BCUT2D eigenvalue weighted by Crippen LogP contribution is -2.44. The van der Waals surface area contributed by atoms with Crippen molar-refractivity contribution in [3.8, 4) is 22.4 Å². The van der Waals surface area contributed by atoms with Crippen molar-refractivity contribution in [2.24, 2.45) is 5.92 Å². The number of anilines is 2. The third-order valence-corrected chi connectivity index (χ3v) is 5.63. The van der Waals surface area contributed by atoms with Crippen LogP contribution in [0.1, 0.15) is 24.4 Å². The van der Waals surface area contributed by atoms with Crippen molar-refractivity contribution in [1.82, 2.24) is 10.5 Å². The minimum absolute atomic E-state index is 0.0856. The first-order valence-electron chi connectivity index (χ1n) is 11.7. The number of benzene rings is 3. The van der Waals surface area contributed by atoms with Crippen LogP contribution in [-0.2, 0) is 4.79 Å². The average molecular weight is 499 g/mol. The SMILES string of the molecule is CC(C)C(NC(=O)c1onc(-c2ccc(NC(=O)Nc3ccccc3)cc2)c1-c1ccccc1)C(=O)O. The van der Waals surface area contributed by atoms with E-state index in [0.717, 1.165) is 0 Å². The molecule has 1 heterocycles. The predicted octanol–water partition coefficient (Wildman–Crippen LogP) is 5.49. The molecular weight excluding hydrogens is 472 g/mol. The van der Waals surface area contributed by atoms with E-state index < -0.39 is 17.9 Å². The van der Waals surface area contributed by atoms with Crippen LogP contribution in [0.5, 0.6) is 0 Å². The number of aliphatic carboxylic acids is 1. The molecule has 9 nitrogen and oxygen atoms in total. The van der Waals surface area contributed by atoms with Gasteiger partial charge in [-0.3, -0.25) is 4.79 Å². The number of rotatable bonds is 8. The van der Waals surface area contributed by atoms with Crippen LogP contribution >= 0.6 is 0 Å². The van der Waals surface area contributed by atoms with Crippen LogP contribution in [0.15, 0.2) is 89.5 Å². The highest BCUT2D eigenvalue weighted by atomic mass is 16.5. The predicted molar refractivity (Wildman–Crippen MR) is 140 cm³/mol. The van der Waals surface area contributed by atoms with Gasteiger partial charge in [0, 0.05) is 16.9 Å². The number of hydrogen-bond acceptors (Lipinski definition) is 5. The summed E-state index contributed by atoms with van der Waals surface area (Å²) in [6, 6.07) is 23.6. The number of nitrogens with one attached hydrogen (secondary N) is 3. The van der Waals surface area contributed by atoms with Crippen LogP contribution in [0.25, 0.3) is 22.4 Å².